The maximum absolute atomic E-state index is 5.11. The highest BCUT2D eigenvalue weighted by Crippen LogP contribution is 2.51. The van der Waals surface area contributed by atoms with Gasteiger partial charge < -0.3 is 10.2 Å². The van der Waals surface area contributed by atoms with Crippen molar-refractivity contribution in [3.8, 4) is 22.4 Å². The van der Waals surface area contributed by atoms with E-state index in [1.54, 1.807) is 0 Å². The maximum atomic E-state index is 5.11. The minimum absolute atomic E-state index is 0.243. The SMILES string of the molecule is CC1C2=C(C=CC1c1ccccc1Nc1ccccc1)N(c1ccc(-c3cc(-c4ccccc4)c4ccccc4n3)cc1)C1C=CC=CC21. The van der Waals surface area contributed by atoms with E-state index in [4.69, 9.17) is 4.98 Å². The molecule has 0 radical (unpaired) electrons. The van der Waals surface area contributed by atoms with Gasteiger partial charge in [0, 0.05) is 45.5 Å². The van der Waals surface area contributed by atoms with Crippen LogP contribution in [-0.2, 0) is 0 Å². The topological polar surface area (TPSA) is 28.2 Å². The Morgan fingerprint density at radius 3 is 2.18 bits per heavy atom. The molecule has 4 atom stereocenters. The van der Waals surface area contributed by atoms with E-state index in [2.05, 4.69) is 193 Å². The molecule has 0 fully saturated rings. The van der Waals surface area contributed by atoms with E-state index in [1.165, 1.54) is 39.0 Å². The van der Waals surface area contributed by atoms with E-state index < -0.39 is 0 Å². The number of anilines is 3. The molecular weight excluding hydrogens is 595 g/mol. The molecule has 1 aliphatic heterocycles. The molecule has 0 spiro atoms. The van der Waals surface area contributed by atoms with Crippen LogP contribution in [0.5, 0.6) is 0 Å². The van der Waals surface area contributed by atoms with E-state index in [-0.39, 0.29) is 12.0 Å². The Morgan fingerprint density at radius 2 is 1.35 bits per heavy atom. The minimum Gasteiger partial charge on any atom is -0.355 e. The Kier molecular flexibility index (Phi) is 7.31. The van der Waals surface area contributed by atoms with Gasteiger partial charge in [-0.3, -0.25) is 0 Å². The average molecular weight is 632 g/mol. The van der Waals surface area contributed by atoms with Crippen molar-refractivity contribution in [2.75, 3.05) is 10.2 Å². The molecule has 0 bridgehead atoms. The van der Waals surface area contributed by atoms with Crippen molar-refractivity contribution in [2.45, 2.75) is 18.9 Å². The Bertz CT molecular complexity index is 2280. The summed E-state index contributed by atoms with van der Waals surface area (Å²) in [4.78, 5) is 7.66. The lowest BCUT2D eigenvalue weighted by Gasteiger charge is -2.31. The van der Waals surface area contributed by atoms with Gasteiger partial charge in [0.15, 0.2) is 0 Å². The quantitative estimate of drug-likeness (QED) is 0.198. The van der Waals surface area contributed by atoms with Crippen LogP contribution in [-0.4, -0.2) is 11.0 Å². The summed E-state index contributed by atoms with van der Waals surface area (Å²) in [5, 5.41) is 4.86. The van der Waals surface area contributed by atoms with E-state index in [9.17, 15) is 0 Å². The molecule has 2 aliphatic carbocycles. The number of pyridine rings is 1. The highest BCUT2D eigenvalue weighted by atomic mass is 15.2. The molecule has 0 saturated carbocycles. The second-order valence-electron chi connectivity index (χ2n) is 13.2. The lowest BCUT2D eigenvalue weighted by atomic mass is 9.73. The lowest BCUT2D eigenvalue weighted by molar-refractivity contribution is 0.536. The number of hydrogen-bond acceptors (Lipinski definition) is 3. The fourth-order valence-electron chi connectivity index (χ4n) is 8.10. The number of rotatable bonds is 6. The number of nitrogens with one attached hydrogen (secondary N) is 1. The van der Waals surface area contributed by atoms with Gasteiger partial charge in [-0.2, -0.15) is 0 Å². The molecule has 1 aromatic heterocycles. The van der Waals surface area contributed by atoms with Gasteiger partial charge >= 0.3 is 0 Å². The Balaban J connectivity index is 1.06. The van der Waals surface area contributed by atoms with Gasteiger partial charge in [-0.25, -0.2) is 4.98 Å². The van der Waals surface area contributed by atoms with E-state index in [1.807, 2.05) is 0 Å². The summed E-state index contributed by atoms with van der Waals surface area (Å²) in [5.74, 6) is 0.933. The first-order valence-corrected chi connectivity index (χ1v) is 17.3. The van der Waals surface area contributed by atoms with E-state index in [0.29, 0.717) is 11.8 Å². The zero-order valence-corrected chi connectivity index (χ0v) is 27.4. The maximum Gasteiger partial charge on any atom is 0.0715 e. The molecule has 2 heterocycles. The normalized spacial score (nSPS) is 20.8. The van der Waals surface area contributed by atoms with Gasteiger partial charge in [-0.05, 0) is 76.7 Å². The highest BCUT2D eigenvalue weighted by molar-refractivity contribution is 5.96. The van der Waals surface area contributed by atoms with Crippen molar-refractivity contribution in [1.82, 2.24) is 4.98 Å². The van der Waals surface area contributed by atoms with Crippen molar-refractivity contribution >= 4 is 28.0 Å². The van der Waals surface area contributed by atoms with Crippen molar-refractivity contribution < 1.29 is 0 Å². The summed E-state index contributed by atoms with van der Waals surface area (Å²) < 4.78 is 0. The zero-order valence-electron chi connectivity index (χ0n) is 27.4. The first kappa shape index (κ1) is 29.2. The van der Waals surface area contributed by atoms with Crippen molar-refractivity contribution in [2.24, 2.45) is 11.8 Å². The third kappa shape index (κ3) is 5.19. The molecule has 1 N–H and O–H groups in total. The van der Waals surface area contributed by atoms with Gasteiger partial charge in [0.2, 0.25) is 0 Å². The number of para-hydroxylation sites is 3. The molecule has 0 saturated heterocycles. The molecular formula is C46H37N3. The fraction of sp³-hybridized carbons (Fsp3) is 0.109. The second kappa shape index (κ2) is 12.3. The van der Waals surface area contributed by atoms with Crippen LogP contribution >= 0.6 is 0 Å². The predicted octanol–water partition coefficient (Wildman–Crippen LogP) is 11.5. The molecule has 236 valence electrons. The molecule has 5 aromatic carbocycles. The summed E-state index contributed by atoms with van der Waals surface area (Å²) in [5.41, 5.74) is 13.2. The highest BCUT2D eigenvalue weighted by Gasteiger charge is 2.43. The summed E-state index contributed by atoms with van der Waals surface area (Å²) in [6.45, 7) is 2.41. The van der Waals surface area contributed by atoms with Crippen LogP contribution in [0.1, 0.15) is 18.4 Å². The number of nitrogens with zero attached hydrogens (tertiary/aromatic N) is 2. The lowest BCUT2D eigenvalue weighted by Crippen LogP contribution is -2.32. The van der Waals surface area contributed by atoms with Crippen LogP contribution in [0.15, 0.2) is 187 Å². The Hall–Kier alpha value is -5.93. The van der Waals surface area contributed by atoms with E-state index in [0.717, 1.165) is 28.1 Å². The molecule has 3 heteroatoms. The third-order valence-electron chi connectivity index (χ3n) is 10.4. The molecule has 9 rings (SSSR count). The largest absolute Gasteiger partial charge is 0.355 e. The fourth-order valence-corrected chi connectivity index (χ4v) is 8.10. The van der Waals surface area contributed by atoms with Crippen molar-refractivity contribution in [3.63, 3.8) is 0 Å². The molecule has 0 amide bonds. The van der Waals surface area contributed by atoms with Crippen LogP contribution in [0.4, 0.5) is 17.1 Å². The molecule has 3 nitrogen and oxygen atoms in total. The summed E-state index contributed by atoms with van der Waals surface area (Å²) in [7, 11) is 0. The number of fused-ring (bicyclic) bond motifs is 3. The van der Waals surface area contributed by atoms with Gasteiger partial charge in [-0.15, -0.1) is 0 Å². The van der Waals surface area contributed by atoms with Crippen LogP contribution in [0, 0.1) is 11.8 Å². The number of aromatic nitrogens is 1. The number of allylic oxidation sites excluding steroid dienone is 4. The smallest absolute Gasteiger partial charge is 0.0715 e. The van der Waals surface area contributed by atoms with Crippen LogP contribution < -0.4 is 10.2 Å². The van der Waals surface area contributed by atoms with Gasteiger partial charge in [0.25, 0.3) is 0 Å². The molecule has 4 unspecified atom stereocenters. The summed E-state index contributed by atoms with van der Waals surface area (Å²) in [6.07, 6.45) is 14.0. The third-order valence-corrected chi connectivity index (χ3v) is 10.4. The standard InChI is InChI=1S/C46H37N3/c1-31-36(37-18-8-11-21-41(37)47-34-16-6-3-7-17-34)28-29-45-46(31)39-20-10-13-23-44(39)49(45)35-26-24-33(25-27-35)43-30-40(32-14-4-2-5-15-32)38-19-9-12-22-42(38)48-43/h2-31,36,39,44,47H,1H3. The van der Waals surface area contributed by atoms with Gasteiger partial charge in [0.1, 0.15) is 0 Å². The number of benzene rings is 5. The Labute approximate surface area is 288 Å². The molecule has 49 heavy (non-hydrogen) atoms. The van der Waals surface area contributed by atoms with Crippen LogP contribution in [0.25, 0.3) is 33.3 Å². The average Bonchev–Trinajstić information content (AvgIpc) is 3.51. The first-order chi connectivity index (χ1) is 24.2. The predicted molar refractivity (Wildman–Crippen MR) is 205 cm³/mol. The summed E-state index contributed by atoms with van der Waals surface area (Å²) in [6, 6.07) is 49.8. The van der Waals surface area contributed by atoms with Crippen LogP contribution in [0.2, 0.25) is 0 Å². The molecule has 6 aromatic rings. The van der Waals surface area contributed by atoms with Crippen molar-refractivity contribution in [1.29, 1.82) is 0 Å². The van der Waals surface area contributed by atoms with Gasteiger partial charge in [0.05, 0.1) is 17.3 Å². The van der Waals surface area contributed by atoms with Crippen molar-refractivity contribution in [3.05, 3.63) is 193 Å². The minimum atomic E-state index is 0.243. The molecule has 3 aliphatic rings. The second-order valence-corrected chi connectivity index (χ2v) is 13.2. The van der Waals surface area contributed by atoms with Crippen LogP contribution in [0.3, 0.4) is 0 Å². The Morgan fingerprint density at radius 1 is 0.633 bits per heavy atom. The monoisotopic (exact) mass is 631 g/mol. The van der Waals surface area contributed by atoms with E-state index >= 15 is 0 Å². The number of hydrogen-bond donors (Lipinski definition) is 1. The zero-order chi connectivity index (χ0) is 32.7. The first-order valence-electron chi connectivity index (χ1n) is 17.3. The van der Waals surface area contributed by atoms with Gasteiger partial charge in [-0.1, -0.05) is 134 Å². The summed E-state index contributed by atoms with van der Waals surface area (Å²) >= 11 is 0.